The van der Waals surface area contributed by atoms with Crippen molar-refractivity contribution < 1.29 is 36.3 Å². The highest BCUT2D eigenvalue weighted by Crippen LogP contribution is 2.31. The van der Waals surface area contributed by atoms with Crippen molar-refractivity contribution in [1.82, 2.24) is 19.4 Å². The number of benzene rings is 2. The molecule has 2 saturated heterocycles. The number of halogens is 2. The summed E-state index contributed by atoms with van der Waals surface area (Å²) in [6.45, 7) is 2.44. The van der Waals surface area contributed by atoms with Gasteiger partial charge in [0.1, 0.15) is 23.5 Å². The Labute approximate surface area is 259 Å². The van der Waals surface area contributed by atoms with Gasteiger partial charge in [0.05, 0.1) is 28.7 Å². The second kappa shape index (κ2) is 12.8. The minimum absolute atomic E-state index is 0.00587. The molecule has 0 spiro atoms. The van der Waals surface area contributed by atoms with Crippen molar-refractivity contribution >= 4 is 33.3 Å². The van der Waals surface area contributed by atoms with Gasteiger partial charge in [-0.15, -0.1) is 0 Å². The molecule has 0 bridgehead atoms. The molecule has 1 atom stereocenters. The zero-order chi connectivity index (χ0) is 31.7. The van der Waals surface area contributed by atoms with E-state index in [0.717, 1.165) is 42.4 Å². The molecule has 2 fully saturated rings. The second-order valence-corrected chi connectivity index (χ2v) is 13.5. The van der Waals surface area contributed by atoms with Crippen LogP contribution in [0.3, 0.4) is 0 Å². The Morgan fingerprint density at radius 1 is 1.04 bits per heavy atom. The number of aromatic nitrogens is 2. The van der Waals surface area contributed by atoms with Crippen LogP contribution in [0.15, 0.2) is 41.3 Å². The fourth-order valence-corrected chi connectivity index (χ4v) is 7.20. The molecule has 240 valence electrons. The number of hydrogen-bond donors (Lipinski definition) is 3. The number of amides is 2. The van der Waals surface area contributed by atoms with Gasteiger partial charge in [-0.05, 0) is 50.6 Å². The first-order valence-corrected chi connectivity index (χ1v) is 16.2. The van der Waals surface area contributed by atoms with Gasteiger partial charge in [0.15, 0.2) is 5.82 Å². The zero-order valence-corrected chi connectivity index (χ0v) is 25.5. The van der Waals surface area contributed by atoms with E-state index in [1.54, 1.807) is 18.2 Å². The van der Waals surface area contributed by atoms with Crippen molar-refractivity contribution in [2.75, 3.05) is 50.5 Å². The SMILES string of the molecule is CN1CCC(Oc2ccc(C(=O)Nc3n[nH]c4c3CN(S(=O)(=O)c3cc(F)cc(F)c3)CC4)c(NC(=O)C3CCOC3)c2)CC1. The van der Waals surface area contributed by atoms with E-state index in [-0.39, 0.29) is 54.5 Å². The highest BCUT2D eigenvalue weighted by molar-refractivity contribution is 7.89. The van der Waals surface area contributed by atoms with Crippen LogP contribution in [-0.2, 0) is 32.5 Å². The third-order valence-corrected chi connectivity index (χ3v) is 10.2. The Bertz CT molecular complexity index is 1680. The van der Waals surface area contributed by atoms with Crippen molar-refractivity contribution in [1.29, 1.82) is 0 Å². The molecule has 0 aliphatic carbocycles. The molecule has 6 rings (SSSR count). The van der Waals surface area contributed by atoms with Crippen LogP contribution in [0.2, 0.25) is 0 Å². The van der Waals surface area contributed by atoms with Crippen LogP contribution in [0.4, 0.5) is 20.3 Å². The number of fused-ring (bicyclic) bond motifs is 1. The fourth-order valence-electron chi connectivity index (χ4n) is 5.75. The van der Waals surface area contributed by atoms with E-state index in [1.807, 2.05) is 0 Å². The van der Waals surface area contributed by atoms with Gasteiger partial charge in [-0.3, -0.25) is 14.7 Å². The van der Waals surface area contributed by atoms with Gasteiger partial charge >= 0.3 is 0 Å². The molecular weight excluding hydrogens is 610 g/mol. The summed E-state index contributed by atoms with van der Waals surface area (Å²) in [5.41, 5.74) is 1.46. The lowest BCUT2D eigenvalue weighted by Crippen LogP contribution is -2.36. The zero-order valence-electron chi connectivity index (χ0n) is 24.6. The van der Waals surface area contributed by atoms with Crippen LogP contribution in [0, 0.1) is 17.6 Å². The standard InChI is InChI=1S/C30H34F2N6O6S/c1-37-8-4-21(5-9-37)44-22-2-3-24(27(15-22)33-29(39)18-7-11-43-17-18)30(40)34-28-25-16-38(10-6-26(25)35-36-28)45(41,42)23-13-19(31)12-20(32)14-23/h2-3,12-15,18,21H,4-11,16-17H2,1H3,(H,33,39)(H2,34,35,36,40). The fraction of sp³-hybridized carbons (Fsp3) is 0.433. The number of likely N-dealkylation sites (tertiary alicyclic amines) is 1. The lowest BCUT2D eigenvalue weighted by molar-refractivity contribution is -0.119. The second-order valence-electron chi connectivity index (χ2n) is 11.6. The minimum atomic E-state index is -4.25. The van der Waals surface area contributed by atoms with Crippen LogP contribution in [-0.4, -0.2) is 85.6 Å². The first-order valence-electron chi connectivity index (χ1n) is 14.8. The number of aromatic amines is 1. The van der Waals surface area contributed by atoms with Crippen LogP contribution in [0.25, 0.3) is 0 Å². The average molecular weight is 645 g/mol. The van der Waals surface area contributed by atoms with Gasteiger partial charge in [-0.1, -0.05) is 0 Å². The topological polar surface area (TPSA) is 146 Å². The van der Waals surface area contributed by atoms with E-state index in [2.05, 4.69) is 32.8 Å². The molecule has 15 heteroatoms. The predicted octanol–water partition coefficient (Wildman–Crippen LogP) is 3.14. The molecule has 3 aromatic rings. The first-order chi connectivity index (χ1) is 21.6. The molecule has 1 aromatic heterocycles. The molecule has 3 aliphatic heterocycles. The largest absolute Gasteiger partial charge is 0.490 e. The third-order valence-electron chi connectivity index (χ3n) is 8.37. The molecule has 0 saturated carbocycles. The molecule has 0 radical (unpaired) electrons. The maximum absolute atomic E-state index is 13.8. The molecule has 3 aliphatic rings. The number of anilines is 2. The highest BCUT2D eigenvalue weighted by atomic mass is 32.2. The number of ether oxygens (including phenoxy) is 2. The van der Waals surface area contributed by atoms with Crippen LogP contribution < -0.4 is 15.4 Å². The lowest BCUT2D eigenvalue weighted by atomic mass is 10.1. The summed E-state index contributed by atoms with van der Waals surface area (Å²) in [4.78, 5) is 28.4. The number of hydrogen-bond acceptors (Lipinski definition) is 8. The smallest absolute Gasteiger partial charge is 0.258 e. The predicted molar refractivity (Wildman–Crippen MR) is 159 cm³/mol. The Kier molecular flexibility index (Phi) is 8.86. The first kappa shape index (κ1) is 31.1. The Balaban J connectivity index is 1.22. The van der Waals surface area contributed by atoms with Crippen molar-refractivity contribution in [3.05, 3.63) is 64.9 Å². The van der Waals surface area contributed by atoms with Crippen LogP contribution in [0.5, 0.6) is 5.75 Å². The van der Waals surface area contributed by atoms with Crippen molar-refractivity contribution in [2.45, 2.75) is 43.2 Å². The van der Waals surface area contributed by atoms with Crippen molar-refractivity contribution in [3.63, 3.8) is 0 Å². The molecule has 3 N–H and O–H groups in total. The molecular formula is C30H34F2N6O6S. The minimum Gasteiger partial charge on any atom is -0.490 e. The maximum atomic E-state index is 13.8. The van der Waals surface area contributed by atoms with Gasteiger partial charge in [-0.2, -0.15) is 9.40 Å². The highest BCUT2D eigenvalue weighted by Gasteiger charge is 2.33. The number of piperidine rings is 1. The summed E-state index contributed by atoms with van der Waals surface area (Å²) in [5, 5.41) is 12.7. The Hall–Kier alpha value is -3.92. The number of sulfonamides is 1. The van der Waals surface area contributed by atoms with E-state index in [0.29, 0.717) is 42.7 Å². The van der Waals surface area contributed by atoms with Crippen LogP contribution >= 0.6 is 0 Å². The molecule has 4 heterocycles. The number of H-pyrrole nitrogens is 1. The quantitative estimate of drug-likeness (QED) is 0.339. The van der Waals surface area contributed by atoms with Gasteiger partial charge in [0, 0.05) is 62.6 Å². The summed E-state index contributed by atoms with van der Waals surface area (Å²) in [7, 11) is -2.19. The number of nitrogens with one attached hydrogen (secondary N) is 3. The molecule has 1 unspecified atom stereocenters. The number of carbonyl (C=O) groups is 2. The van der Waals surface area contributed by atoms with E-state index in [1.165, 1.54) is 0 Å². The molecule has 2 aromatic carbocycles. The van der Waals surface area contributed by atoms with E-state index < -0.39 is 32.5 Å². The van der Waals surface area contributed by atoms with Crippen molar-refractivity contribution in [3.8, 4) is 5.75 Å². The van der Waals surface area contributed by atoms with Gasteiger partial charge in [0.25, 0.3) is 5.91 Å². The number of rotatable bonds is 8. The Morgan fingerprint density at radius 3 is 2.51 bits per heavy atom. The average Bonchev–Trinajstić information content (AvgIpc) is 3.69. The summed E-state index contributed by atoms with van der Waals surface area (Å²) in [5.74, 6) is -2.59. The summed E-state index contributed by atoms with van der Waals surface area (Å²) in [6, 6.07) is 7.00. The maximum Gasteiger partial charge on any atom is 0.258 e. The van der Waals surface area contributed by atoms with Crippen molar-refractivity contribution in [2.24, 2.45) is 5.92 Å². The normalized spacial score (nSPS) is 19.7. The van der Waals surface area contributed by atoms with E-state index in [9.17, 15) is 26.8 Å². The van der Waals surface area contributed by atoms with Crippen LogP contribution in [0.1, 0.15) is 40.9 Å². The lowest BCUT2D eigenvalue weighted by Gasteiger charge is -2.29. The van der Waals surface area contributed by atoms with E-state index in [4.69, 9.17) is 9.47 Å². The van der Waals surface area contributed by atoms with Gasteiger partial charge < -0.3 is 25.0 Å². The van der Waals surface area contributed by atoms with Gasteiger partial charge in [0.2, 0.25) is 15.9 Å². The number of nitrogens with zero attached hydrogens (tertiary/aromatic N) is 3. The van der Waals surface area contributed by atoms with Gasteiger partial charge in [-0.25, -0.2) is 17.2 Å². The summed E-state index contributed by atoms with van der Waals surface area (Å²) in [6.07, 6.45) is 2.52. The summed E-state index contributed by atoms with van der Waals surface area (Å²) < 4.78 is 66.7. The third kappa shape index (κ3) is 6.85. The molecule has 2 amide bonds. The molecule has 45 heavy (non-hydrogen) atoms. The van der Waals surface area contributed by atoms with E-state index >= 15 is 0 Å². The number of carbonyl (C=O) groups excluding carboxylic acids is 2. The summed E-state index contributed by atoms with van der Waals surface area (Å²) >= 11 is 0. The Morgan fingerprint density at radius 2 is 1.80 bits per heavy atom. The molecule has 12 nitrogen and oxygen atoms in total. The monoisotopic (exact) mass is 644 g/mol.